The van der Waals surface area contributed by atoms with Gasteiger partial charge in [0.15, 0.2) is 0 Å². The lowest BCUT2D eigenvalue weighted by Gasteiger charge is -2.39. The molecule has 2 rings (SSSR count). The third kappa shape index (κ3) is 2.29. The van der Waals surface area contributed by atoms with E-state index in [1.54, 1.807) is 0 Å². The maximum absolute atomic E-state index is 9.23. The van der Waals surface area contributed by atoms with Crippen LogP contribution in [0.1, 0.15) is 46.0 Å². The molecular formula is C12H23NO. The highest BCUT2D eigenvalue weighted by Crippen LogP contribution is 2.60. The van der Waals surface area contributed by atoms with Crippen molar-refractivity contribution in [1.82, 2.24) is 5.32 Å². The largest absolute Gasteiger partial charge is 0.395 e. The van der Waals surface area contributed by atoms with E-state index in [9.17, 15) is 5.11 Å². The van der Waals surface area contributed by atoms with E-state index >= 15 is 0 Å². The summed E-state index contributed by atoms with van der Waals surface area (Å²) < 4.78 is 0. The number of aliphatic hydroxyl groups excluding tert-OH is 1. The lowest BCUT2D eigenvalue weighted by atomic mass is 9.76. The van der Waals surface area contributed by atoms with Gasteiger partial charge < -0.3 is 10.4 Å². The molecule has 0 aromatic heterocycles. The third-order valence-corrected chi connectivity index (χ3v) is 3.76. The Labute approximate surface area is 87.1 Å². The van der Waals surface area contributed by atoms with Crippen molar-refractivity contribution in [3.8, 4) is 0 Å². The van der Waals surface area contributed by atoms with Crippen LogP contribution in [0.15, 0.2) is 0 Å². The third-order valence-electron chi connectivity index (χ3n) is 3.76. The van der Waals surface area contributed by atoms with Gasteiger partial charge in [-0.3, -0.25) is 0 Å². The molecule has 2 aliphatic carbocycles. The second-order valence-corrected chi connectivity index (χ2v) is 5.78. The highest BCUT2D eigenvalue weighted by molar-refractivity contribution is 5.07. The number of hydrogen-bond donors (Lipinski definition) is 2. The minimum Gasteiger partial charge on any atom is -0.395 e. The first-order valence-electron chi connectivity index (χ1n) is 6.00. The zero-order chi connectivity index (χ0) is 10.2. The van der Waals surface area contributed by atoms with Crippen molar-refractivity contribution in [3.63, 3.8) is 0 Å². The van der Waals surface area contributed by atoms with Crippen LogP contribution >= 0.6 is 0 Å². The predicted molar refractivity (Wildman–Crippen MR) is 58.2 cm³/mol. The van der Waals surface area contributed by atoms with Crippen molar-refractivity contribution in [2.24, 2.45) is 11.3 Å². The smallest absolute Gasteiger partial charge is 0.0584 e. The molecule has 2 aliphatic rings. The van der Waals surface area contributed by atoms with Gasteiger partial charge in [0.2, 0.25) is 0 Å². The fourth-order valence-electron chi connectivity index (χ4n) is 2.79. The Hall–Kier alpha value is -0.0800. The molecule has 0 aromatic rings. The summed E-state index contributed by atoms with van der Waals surface area (Å²) in [6.45, 7) is 4.72. The molecule has 2 N–H and O–H groups in total. The standard InChI is InChI=1S/C12H23NO/c1-9(2)5-10(8-14)13-11-6-12(7-11)3-4-12/h9-11,13-14H,3-8H2,1-2H3/t10-/m1/s1. The molecule has 2 heteroatoms. The van der Waals surface area contributed by atoms with Crippen LogP contribution in [0.25, 0.3) is 0 Å². The molecule has 2 fully saturated rings. The van der Waals surface area contributed by atoms with Gasteiger partial charge in [-0.15, -0.1) is 0 Å². The molecule has 0 aromatic carbocycles. The highest BCUT2D eigenvalue weighted by Gasteiger charge is 2.52. The topological polar surface area (TPSA) is 32.3 Å². The van der Waals surface area contributed by atoms with Crippen LogP contribution in [0.2, 0.25) is 0 Å². The van der Waals surface area contributed by atoms with Crippen molar-refractivity contribution in [2.75, 3.05) is 6.61 Å². The maximum Gasteiger partial charge on any atom is 0.0584 e. The lowest BCUT2D eigenvalue weighted by Crippen LogP contribution is -2.48. The molecule has 0 saturated heterocycles. The van der Waals surface area contributed by atoms with Gasteiger partial charge >= 0.3 is 0 Å². The lowest BCUT2D eigenvalue weighted by molar-refractivity contribution is 0.145. The van der Waals surface area contributed by atoms with E-state index in [1.165, 1.54) is 25.7 Å². The molecule has 1 spiro atoms. The predicted octanol–water partition coefficient (Wildman–Crippen LogP) is 1.93. The molecule has 14 heavy (non-hydrogen) atoms. The van der Waals surface area contributed by atoms with Gasteiger partial charge in [-0.25, -0.2) is 0 Å². The first kappa shape index (κ1) is 10.4. The Morgan fingerprint density at radius 2 is 2.00 bits per heavy atom. The van der Waals surface area contributed by atoms with Gasteiger partial charge in [0, 0.05) is 12.1 Å². The summed E-state index contributed by atoms with van der Waals surface area (Å²) in [5, 5.41) is 12.8. The summed E-state index contributed by atoms with van der Waals surface area (Å²) in [7, 11) is 0. The number of nitrogens with one attached hydrogen (secondary N) is 1. The summed E-state index contributed by atoms with van der Waals surface area (Å²) in [6.07, 6.45) is 6.74. The molecule has 1 atom stereocenters. The van der Waals surface area contributed by atoms with Crippen LogP contribution in [0, 0.1) is 11.3 Å². The first-order chi connectivity index (χ1) is 6.63. The zero-order valence-electron chi connectivity index (χ0n) is 9.42. The molecule has 2 saturated carbocycles. The molecule has 2 nitrogen and oxygen atoms in total. The molecule has 82 valence electrons. The highest BCUT2D eigenvalue weighted by atomic mass is 16.3. The Bertz CT molecular complexity index is 190. The van der Waals surface area contributed by atoms with Gasteiger partial charge in [-0.05, 0) is 43.4 Å². The summed E-state index contributed by atoms with van der Waals surface area (Å²) >= 11 is 0. The molecule has 0 unspecified atom stereocenters. The normalized spacial score (nSPS) is 26.6. The monoisotopic (exact) mass is 197 g/mol. The summed E-state index contributed by atoms with van der Waals surface area (Å²) in [5.74, 6) is 0.676. The fourth-order valence-corrected chi connectivity index (χ4v) is 2.79. The summed E-state index contributed by atoms with van der Waals surface area (Å²) in [6, 6.07) is 1.03. The average Bonchev–Trinajstić information content (AvgIpc) is 2.81. The van der Waals surface area contributed by atoms with Crippen LogP contribution in [0.3, 0.4) is 0 Å². The van der Waals surface area contributed by atoms with Crippen LogP contribution in [0.5, 0.6) is 0 Å². The molecule has 0 amide bonds. The Morgan fingerprint density at radius 3 is 2.43 bits per heavy atom. The zero-order valence-corrected chi connectivity index (χ0v) is 9.42. The van der Waals surface area contributed by atoms with E-state index in [0.717, 1.165) is 11.8 Å². The molecule has 0 aliphatic heterocycles. The van der Waals surface area contributed by atoms with Gasteiger partial charge in [0.25, 0.3) is 0 Å². The summed E-state index contributed by atoms with van der Waals surface area (Å²) in [5.41, 5.74) is 0.773. The van der Waals surface area contributed by atoms with Crippen molar-refractivity contribution < 1.29 is 5.11 Å². The van der Waals surface area contributed by atoms with Crippen LogP contribution in [-0.4, -0.2) is 23.8 Å². The second-order valence-electron chi connectivity index (χ2n) is 5.78. The fraction of sp³-hybridized carbons (Fsp3) is 1.00. The van der Waals surface area contributed by atoms with Crippen LogP contribution < -0.4 is 5.32 Å². The Balaban J connectivity index is 1.67. The number of rotatable bonds is 5. The maximum atomic E-state index is 9.23. The van der Waals surface area contributed by atoms with Gasteiger partial charge in [0.1, 0.15) is 0 Å². The average molecular weight is 197 g/mol. The Morgan fingerprint density at radius 1 is 1.36 bits per heavy atom. The second kappa shape index (κ2) is 3.82. The first-order valence-corrected chi connectivity index (χ1v) is 6.00. The minimum absolute atomic E-state index is 0.293. The van der Waals surface area contributed by atoms with E-state index < -0.39 is 0 Å². The van der Waals surface area contributed by atoms with E-state index in [2.05, 4.69) is 19.2 Å². The van der Waals surface area contributed by atoms with Crippen molar-refractivity contribution in [2.45, 2.75) is 58.0 Å². The quantitative estimate of drug-likeness (QED) is 0.706. The van der Waals surface area contributed by atoms with Gasteiger partial charge in [0.05, 0.1) is 6.61 Å². The van der Waals surface area contributed by atoms with Gasteiger partial charge in [-0.1, -0.05) is 13.8 Å². The van der Waals surface area contributed by atoms with E-state index in [4.69, 9.17) is 0 Å². The molecule has 0 heterocycles. The van der Waals surface area contributed by atoms with Gasteiger partial charge in [-0.2, -0.15) is 0 Å². The Kier molecular flexibility index (Phi) is 2.85. The number of hydrogen-bond acceptors (Lipinski definition) is 2. The number of aliphatic hydroxyl groups is 1. The van der Waals surface area contributed by atoms with Crippen molar-refractivity contribution >= 4 is 0 Å². The molecular weight excluding hydrogens is 174 g/mol. The van der Waals surface area contributed by atoms with Crippen molar-refractivity contribution in [3.05, 3.63) is 0 Å². The van der Waals surface area contributed by atoms with Crippen LogP contribution in [-0.2, 0) is 0 Å². The SMILES string of the molecule is CC(C)C[C@H](CO)NC1CC2(CC2)C1. The van der Waals surface area contributed by atoms with E-state index in [-0.39, 0.29) is 0 Å². The molecule has 0 radical (unpaired) electrons. The van der Waals surface area contributed by atoms with E-state index in [1.807, 2.05) is 0 Å². The van der Waals surface area contributed by atoms with Crippen LogP contribution in [0.4, 0.5) is 0 Å². The van der Waals surface area contributed by atoms with Crippen molar-refractivity contribution in [1.29, 1.82) is 0 Å². The molecule has 0 bridgehead atoms. The minimum atomic E-state index is 0.293. The summed E-state index contributed by atoms with van der Waals surface area (Å²) in [4.78, 5) is 0. The van der Waals surface area contributed by atoms with E-state index in [0.29, 0.717) is 24.6 Å².